The molecule has 3 nitrogen and oxygen atoms in total. The van der Waals surface area contributed by atoms with Gasteiger partial charge in [-0.1, -0.05) is 88.1 Å². The van der Waals surface area contributed by atoms with E-state index >= 15 is 0 Å². The summed E-state index contributed by atoms with van der Waals surface area (Å²) in [5.74, 6) is 0. The van der Waals surface area contributed by atoms with E-state index in [1.165, 1.54) is 25.7 Å². The van der Waals surface area contributed by atoms with Gasteiger partial charge in [0, 0.05) is 10.8 Å². The lowest BCUT2D eigenvalue weighted by molar-refractivity contribution is -0.129. The van der Waals surface area contributed by atoms with Crippen molar-refractivity contribution in [1.29, 1.82) is 0 Å². The van der Waals surface area contributed by atoms with Crippen molar-refractivity contribution in [3.05, 3.63) is 48.6 Å². The molecule has 6 unspecified atom stereocenters. The third-order valence-corrected chi connectivity index (χ3v) is 7.16. The van der Waals surface area contributed by atoms with Gasteiger partial charge in [0.15, 0.2) is 0 Å². The number of allylic oxidation sites excluding steroid dienone is 6. The second kappa shape index (κ2) is 9.32. The highest BCUT2D eigenvalue weighted by Crippen LogP contribution is 2.49. The van der Waals surface area contributed by atoms with Crippen molar-refractivity contribution in [3.8, 4) is 0 Å². The number of hydrogen-bond acceptors (Lipinski definition) is 3. The van der Waals surface area contributed by atoms with E-state index in [-0.39, 0.29) is 35.2 Å². The molecule has 29 heavy (non-hydrogen) atoms. The quantitative estimate of drug-likeness (QED) is 0.383. The van der Waals surface area contributed by atoms with Gasteiger partial charge >= 0.3 is 0 Å². The summed E-state index contributed by atoms with van der Waals surface area (Å²) in [5, 5.41) is 0. The van der Waals surface area contributed by atoms with Crippen LogP contribution in [0.2, 0.25) is 0 Å². The average molecular weight is 399 g/mol. The van der Waals surface area contributed by atoms with E-state index in [2.05, 4.69) is 62.5 Å². The molecule has 160 valence electrons. The molecule has 4 rings (SSSR count). The first-order valence-electron chi connectivity index (χ1n) is 11.8. The van der Waals surface area contributed by atoms with Gasteiger partial charge in [-0.25, -0.2) is 0 Å². The van der Waals surface area contributed by atoms with Crippen LogP contribution < -0.4 is 0 Å². The van der Waals surface area contributed by atoms with Gasteiger partial charge in [-0.05, 0) is 25.7 Å². The Morgan fingerprint density at radius 3 is 1.55 bits per heavy atom. The topological polar surface area (TPSA) is 34.3 Å². The van der Waals surface area contributed by atoms with Crippen LogP contribution in [0.1, 0.15) is 65.2 Å². The second-order valence-electron chi connectivity index (χ2n) is 9.38. The number of hydrogen-bond donors (Lipinski definition) is 0. The Morgan fingerprint density at radius 2 is 1.24 bits per heavy atom. The molecule has 0 saturated carbocycles. The maximum absolute atomic E-state index is 7.16. The third-order valence-electron chi connectivity index (χ3n) is 7.16. The van der Waals surface area contributed by atoms with E-state index in [1.807, 2.05) is 0 Å². The molecule has 0 aromatic carbocycles. The predicted molar refractivity (Wildman–Crippen MR) is 118 cm³/mol. The molecule has 0 bridgehead atoms. The highest BCUT2D eigenvalue weighted by atomic mass is 16.6. The molecule has 0 radical (unpaired) electrons. The van der Waals surface area contributed by atoms with Crippen LogP contribution in [0.3, 0.4) is 0 Å². The summed E-state index contributed by atoms with van der Waals surface area (Å²) >= 11 is 0. The zero-order valence-electron chi connectivity index (χ0n) is 18.2. The van der Waals surface area contributed by atoms with Crippen molar-refractivity contribution in [2.45, 2.75) is 89.6 Å². The summed E-state index contributed by atoms with van der Waals surface area (Å²) in [6, 6.07) is 0. The largest absolute Gasteiger partial charge is 0.370 e. The lowest BCUT2D eigenvalue weighted by atomic mass is 9.69. The van der Waals surface area contributed by atoms with Gasteiger partial charge in [-0.3, -0.25) is 0 Å². The van der Waals surface area contributed by atoms with Crippen molar-refractivity contribution in [2.24, 2.45) is 10.8 Å². The van der Waals surface area contributed by atoms with Gasteiger partial charge < -0.3 is 14.2 Å². The standard InChI is InChI=1S/C26H38O3/c1-3-5-13-25(15-9-7-10-16-25)23(21-19-27-21)29-24(22-20-28-22)26(14-6-4-2)17-11-8-12-18-26/h7-12,15,17,21-24H,3-6,13-14,16,18-20H2,1-2H3. The maximum Gasteiger partial charge on any atom is 0.108 e. The summed E-state index contributed by atoms with van der Waals surface area (Å²) in [5.41, 5.74) is 0.0818. The molecule has 2 heterocycles. The highest BCUT2D eigenvalue weighted by Gasteiger charge is 2.54. The monoisotopic (exact) mass is 398 g/mol. The molecule has 0 aromatic heterocycles. The van der Waals surface area contributed by atoms with E-state index < -0.39 is 0 Å². The second-order valence-corrected chi connectivity index (χ2v) is 9.38. The minimum atomic E-state index is 0.0409. The van der Waals surface area contributed by atoms with Crippen LogP contribution in [0.25, 0.3) is 0 Å². The molecule has 2 aliphatic heterocycles. The zero-order chi connectivity index (χ0) is 20.2. The van der Waals surface area contributed by atoms with Crippen LogP contribution in [-0.4, -0.2) is 37.6 Å². The fourth-order valence-corrected chi connectivity index (χ4v) is 5.26. The first-order valence-corrected chi connectivity index (χ1v) is 11.8. The molecule has 0 aromatic rings. The van der Waals surface area contributed by atoms with Crippen LogP contribution >= 0.6 is 0 Å². The first kappa shape index (κ1) is 21.1. The fraction of sp³-hybridized carbons (Fsp3) is 0.692. The summed E-state index contributed by atoms with van der Waals surface area (Å²) in [7, 11) is 0. The molecule has 2 aliphatic carbocycles. The van der Waals surface area contributed by atoms with Crippen LogP contribution in [0, 0.1) is 10.8 Å². The van der Waals surface area contributed by atoms with Crippen LogP contribution in [0.5, 0.6) is 0 Å². The number of epoxide rings is 2. The summed E-state index contributed by atoms with van der Waals surface area (Å²) in [6.45, 7) is 6.21. The molecule has 4 aliphatic rings. The Bertz CT molecular complexity index is 599. The van der Waals surface area contributed by atoms with Crippen molar-refractivity contribution in [3.63, 3.8) is 0 Å². The summed E-state index contributed by atoms with van der Waals surface area (Å²) in [4.78, 5) is 0. The van der Waals surface area contributed by atoms with Crippen LogP contribution in [0.4, 0.5) is 0 Å². The van der Waals surface area contributed by atoms with Crippen molar-refractivity contribution < 1.29 is 14.2 Å². The Morgan fingerprint density at radius 1 is 0.793 bits per heavy atom. The Labute approximate surface area is 176 Å². The molecule has 0 spiro atoms. The van der Waals surface area contributed by atoms with E-state index in [0.717, 1.165) is 38.9 Å². The Balaban J connectivity index is 1.61. The van der Waals surface area contributed by atoms with Crippen molar-refractivity contribution >= 4 is 0 Å². The maximum atomic E-state index is 7.16. The fourth-order valence-electron chi connectivity index (χ4n) is 5.26. The summed E-state index contributed by atoms with van der Waals surface area (Å²) < 4.78 is 18.9. The third kappa shape index (κ3) is 4.78. The lowest BCUT2D eigenvalue weighted by Crippen LogP contribution is -2.49. The van der Waals surface area contributed by atoms with Gasteiger partial charge in [-0.15, -0.1) is 0 Å². The number of ether oxygens (including phenoxy) is 3. The van der Waals surface area contributed by atoms with E-state index in [4.69, 9.17) is 14.2 Å². The van der Waals surface area contributed by atoms with Crippen LogP contribution in [-0.2, 0) is 14.2 Å². The van der Waals surface area contributed by atoms with E-state index in [9.17, 15) is 0 Å². The van der Waals surface area contributed by atoms with Crippen molar-refractivity contribution in [2.75, 3.05) is 13.2 Å². The van der Waals surface area contributed by atoms with Gasteiger partial charge in [0.1, 0.15) is 12.2 Å². The molecule has 2 saturated heterocycles. The SMILES string of the molecule is CCCCC1(C(OC(C2CO2)C2(CCCC)C=CC=CC2)C2CO2)C=CC=CC1. The molecule has 3 heteroatoms. The number of unbranched alkanes of at least 4 members (excludes halogenated alkanes) is 2. The van der Waals surface area contributed by atoms with Gasteiger partial charge in [0.25, 0.3) is 0 Å². The van der Waals surface area contributed by atoms with Crippen LogP contribution in [0.15, 0.2) is 48.6 Å². The lowest BCUT2D eigenvalue weighted by Gasteiger charge is -2.45. The van der Waals surface area contributed by atoms with Gasteiger partial charge in [0.05, 0.1) is 25.4 Å². The van der Waals surface area contributed by atoms with Gasteiger partial charge in [-0.2, -0.15) is 0 Å². The predicted octanol–water partition coefficient (Wildman–Crippen LogP) is 5.92. The molecule has 0 amide bonds. The minimum Gasteiger partial charge on any atom is -0.370 e. The summed E-state index contributed by atoms with van der Waals surface area (Å²) in [6.07, 6.45) is 28.1. The van der Waals surface area contributed by atoms with Gasteiger partial charge in [0.2, 0.25) is 0 Å². The zero-order valence-corrected chi connectivity index (χ0v) is 18.2. The molecule has 6 atom stereocenters. The average Bonchev–Trinajstić information content (AvgIpc) is 3.67. The molecule has 0 N–H and O–H groups in total. The minimum absolute atomic E-state index is 0.0409. The molecular weight excluding hydrogens is 360 g/mol. The first-order chi connectivity index (χ1) is 14.2. The highest BCUT2D eigenvalue weighted by molar-refractivity contribution is 5.23. The Kier molecular flexibility index (Phi) is 6.78. The molecular formula is C26H38O3. The normalized spacial score (nSPS) is 36.9. The Hall–Kier alpha value is -1.16. The van der Waals surface area contributed by atoms with E-state index in [1.54, 1.807) is 0 Å². The molecule has 2 fully saturated rings. The number of rotatable bonds is 12. The van der Waals surface area contributed by atoms with E-state index in [0.29, 0.717) is 0 Å². The smallest absolute Gasteiger partial charge is 0.108 e. The van der Waals surface area contributed by atoms with Crippen molar-refractivity contribution in [1.82, 2.24) is 0 Å².